The second kappa shape index (κ2) is 7.41. The Hall–Kier alpha value is -3.12. The fourth-order valence-electron chi connectivity index (χ4n) is 2.73. The van der Waals surface area contributed by atoms with E-state index in [0.717, 1.165) is 16.2 Å². The van der Waals surface area contributed by atoms with Gasteiger partial charge in [-0.15, -0.1) is 11.3 Å². The molecular formula is C20H16N2O3S. The number of carbonyl (C=O) groups excluding carboxylic acids is 1. The summed E-state index contributed by atoms with van der Waals surface area (Å²) in [7, 11) is 0. The largest absolute Gasteiger partial charge is 0.469 e. The Morgan fingerprint density at radius 3 is 2.73 bits per heavy atom. The molecule has 0 aliphatic heterocycles. The first-order valence-electron chi connectivity index (χ1n) is 8.18. The van der Waals surface area contributed by atoms with Gasteiger partial charge in [-0.25, -0.2) is 0 Å². The Morgan fingerprint density at radius 2 is 2.00 bits per heavy atom. The lowest BCUT2D eigenvalue weighted by atomic mass is 10.0. The van der Waals surface area contributed by atoms with E-state index in [1.54, 1.807) is 23.7 Å². The van der Waals surface area contributed by atoms with Crippen LogP contribution < -0.4 is 5.32 Å². The number of aromatic nitrogens is 1. The van der Waals surface area contributed by atoms with Crippen molar-refractivity contribution in [3.8, 4) is 11.3 Å². The topological polar surface area (TPSA) is 68.3 Å². The monoisotopic (exact) mass is 364 g/mol. The lowest BCUT2D eigenvalue weighted by Gasteiger charge is -2.13. The van der Waals surface area contributed by atoms with Crippen LogP contribution in [0.15, 0.2) is 81.2 Å². The molecule has 3 heterocycles. The van der Waals surface area contributed by atoms with Crippen molar-refractivity contribution in [2.24, 2.45) is 0 Å². The number of nitrogens with one attached hydrogen (secondary N) is 1. The van der Waals surface area contributed by atoms with E-state index in [4.69, 9.17) is 8.94 Å². The molecule has 4 aromatic rings. The van der Waals surface area contributed by atoms with E-state index < -0.39 is 0 Å². The fraction of sp³-hybridized carbons (Fsp3) is 0.100. The van der Waals surface area contributed by atoms with Crippen molar-refractivity contribution >= 4 is 17.2 Å². The number of nitrogens with zero attached hydrogens (tertiary/aromatic N) is 1. The van der Waals surface area contributed by atoms with E-state index in [0.29, 0.717) is 12.3 Å². The number of furan rings is 1. The number of carbonyl (C=O) groups is 1. The molecule has 4 rings (SSSR count). The fourth-order valence-corrected chi connectivity index (χ4v) is 3.56. The molecule has 26 heavy (non-hydrogen) atoms. The third-order valence-corrected chi connectivity index (χ3v) is 5.03. The molecule has 1 amide bonds. The summed E-state index contributed by atoms with van der Waals surface area (Å²) >= 11 is 1.63. The first-order chi connectivity index (χ1) is 12.8. The molecule has 0 spiro atoms. The minimum absolute atomic E-state index is 0.0329. The Kier molecular flexibility index (Phi) is 4.66. The zero-order valence-electron chi connectivity index (χ0n) is 13.8. The predicted octanol–water partition coefficient (Wildman–Crippen LogP) is 4.56. The number of hydrogen-bond donors (Lipinski definition) is 1. The summed E-state index contributed by atoms with van der Waals surface area (Å²) in [5.41, 5.74) is 1.14. The normalized spacial score (nSPS) is 12.0. The highest BCUT2D eigenvalue weighted by Gasteiger charge is 2.21. The smallest absolute Gasteiger partial charge is 0.273 e. The second-order valence-electron chi connectivity index (χ2n) is 5.74. The van der Waals surface area contributed by atoms with E-state index in [9.17, 15) is 4.79 Å². The Bertz CT molecular complexity index is 926. The number of hydrogen-bond acceptors (Lipinski definition) is 5. The summed E-state index contributed by atoms with van der Waals surface area (Å²) in [6, 6.07) is 19.0. The van der Waals surface area contributed by atoms with E-state index in [-0.39, 0.29) is 17.5 Å². The summed E-state index contributed by atoms with van der Waals surface area (Å²) < 4.78 is 10.8. The maximum atomic E-state index is 12.5. The molecule has 1 N–H and O–H groups in total. The van der Waals surface area contributed by atoms with Crippen LogP contribution in [0.1, 0.15) is 27.0 Å². The first-order valence-corrected chi connectivity index (χ1v) is 9.06. The van der Waals surface area contributed by atoms with Crippen molar-refractivity contribution in [2.45, 2.75) is 5.92 Å². The van der Waals surface area contributed by atoms with Gasteiger partial charge < -0.3 is 14.3 Å². The van der Waals surface area contributed by atoms with Gasteiger partial charge in [-0.2, -0.15) is 0 Å². The van der Waals surface area contributed by atoms with E-state index >= 15 is 0 Å². The van der Waals surface area contributed by atoms with Crippen LogP contribution in [0.2, 0.25) is 0 Å². The maximum Gasteiger partial charge on any atom is 0.273 e. The summed E-state index contributed by atoms with van der Waals surface area (Å²) in [5, 5.41) is 8.82. The van der Waals surface area contributed by atoms with E-state index in [1.165, 1.54) is 0 Å². The van der Waals surface area contributed by atoms with Crippen LogP contribution in [-0.4, -0.2) is 17.6 Å². The van der Waals surface area contributed by atoms with Gasteiger partial charge in [0, 0.05) is 23.1 Å². The van der Waals surface area contributed by atoms with Gasteiger partial charge in [-0.3, -0.25) is 4.79 Å². The van der Waals surface area contributed by atoms with Crippen molar-refractivity contribution in [1.82, 2.24) is 10.5 Å². The van der Waals surface area contributed by atoms with Gasteiger partial charge in [0.25, 0.3) is 5.91 Å². The Morgan fingerprint density at radius 1 is 1.12 bits per heavy atom. The molecule has 1 aromatic carbocycles. The minimum atomic E-state index is -0.274. The molecule has 1 unspecified atom stereocenters. The summed E-state index contributed by atoms with van der Waals surface area (Å²) in [4.78, 5) is 13.6. The molecule has 0 aliphatic rings. The van der Waals surface area contributed by atoms with Crippen molar-refractivity contribution in [2.75, 3.05) is 6.54 Å². The minimum Gasteiger partial charge on any atom is -0.469 e. The third kappa shape index (κ3) is 3.45. The molecule has 0 saturated carbocycles. The number of rotatable bonds is 6. The van der Waals surface area contributed by atoms with Gasteiger partial charge >= 0.3 is 0 Å². The molecule has 1 atom stereocenters. The standard InChI is InChI=1S/C20H16N2O3S/c23-20(16-12-18(25-22-16)14-6-2-1-3-7-14)21-13-15(17-8-4-10-24-17)19-9-5-11-26-19/h1-12,15H,13H2,(H,21,23). The summed E-state index contributed by atoms with van der Waals surface area (Å²) in [6.07, 6.45) is 1.64. The lowest BCUT2D eigenvalue weighted by molar-refractivity contribution is 0.0943. The van der Waals surface area contributed by atoms with Crippen LogP contribution in [0.5, 0.6) is 0 Å². The van der Waals surface area contributed by atoms with Crippen LogP contribution in [0, 0.1) is 0 Å². The molecule has 0 radical (unpaired) electrons. The van der Waals surface area contributed by atoms with Crippen LogP contribution in [0.3, 0.4) is 0 Å². The van der Waals surface area contributed by atoms with Crippen LogP contribution >= 0.6 is 11.3 Å². The average Bonchev–Trinajstić information content (AvgIpc) is 3.44. The Balaban J connectivity index is 1.47. The Labute approximate surface area is 154 Å². The van der Waals surface area contributed by atoms with Gasteiger partial charge in [0.15, 0.2) is 11.5 Å². The van der Waals surface area contributed by atoms with E-state index in [1.807, 2.05) is 60.0 Å². The molecule has 0 fully saturated rings. The molecule has 0 bridgehead atoms. The maximum absolute atomic E-state index is 12.5. The third-order valence-electron chi connectivity index (χ3n) is 4.04. The van der Waals surface area contributed by atoms with Gasteiger partial charge in [-0.1, -0.05) is 41.6 Å². The van der Waals surface area contributed by atoms with Gasteiger partial charge in [0.1, 0.15) is 5.76 Å². The van der Waals surface area contributed by atoms with Crippen LogP contribution in [-0.2, 0) is 0 Å². The average molecular weight is 364 g/mol. The summed E-state index contributed by atoms with van der Waals surface area (Å²) in [5.74, 6) is 1.08. The number of benzene rings is 1. The zero-order valence-corrected chi connectivity index (χ0v) is 14.6. The SMILES string of the molecule is O=C(NCC(c1ccco1)c1cccs1)c1cc(-c2ccccc2)on1. The molecule has 3 aromatic heterocycles. The predicted molar refractivity (Wildman–Crippen MR) is 99.1 cm³/mol. The van der Waals surface area contributed by atoms with Crippen molar-refractivity contribution < 1.29 is 13.7 Å². The first kappa shape index (κ1) is 16.4. The molecular weight excluding hydrogens is 348 g/mol. The van der Waals surface area contributed by atoms with Crippen molar-refractivity contribution in [3.05, 3.63) is 88.6 Å². The second-order valence-corrected chi connectivity index (χ2v) is 6.72. The molecule has 0 saturated heterocycles. The lowest BCUT2D eigenvalue weighted by Crippen LogP contribution is -2.28. The molecule has 130 valence electrons. The van der Waals surface area contributed by atoms with Crippen LogP contribution in [0.4, 0.5) is 0 Å². The zero-order chi connectivity index (χ0) is 17.8. The number of thiophene rings is 1. The molecule has 5 nitrogen and oxygen atoms in total. The number of amides is 1. The van der Waals surface area contributed by atoms with Crippen molar-refractivity contribution in [1.29, 1.82) is 0 Å². The highest BCUT2D eigenvalue weighted by Crippen LogP contribution is 2.28. The van der Waals surface area contributed by atoms with Crippen LogP contribution in [0.25, 0.3) is 11.3 Å². The van der Waals surface area contributed by atoms with E-state index in [2.05, 4.69) is 10.5 Å². The van der Waals surface area contributed by atoms with Gasteiger partial charge in [0.05, 0.1) is 12.2 Å². The van der Waals surface area contributed by atoms with Gasteiger partial charge in [-0.05, 0) is 23.6 Å². The van der Waals surface area contributed by atoms with Gasteiger partial charge in [0.2, 0.25) is 0 Å². The summed E-state index contributed by atoms with van der Waals surface area (Å²) in [6.45, 7) is 0.417. The highest BCUT2D eigenvalue weighted by atomic mass is 32.1. The quantitative estimate of drug-likeness (QED) is 0.545. The molecule has 6 heteroatoms. The van der Waals surface area contributed by atoms with Crippen molar-refractivity contribution in [3.63, 3.8) is 0 Å². The highest BCUT2D eigenvalue weighted by molar-refractivity contribution is 7.10. The molecule has 0 aliphatic carbocycles.